The molecule has 0 aromatic heterocycles. The molecule has 3 heteroatoms. The monoisotopic (exact) mass is 354 g/mol. The first-order valence-corrected chi connectivity index (χ1v) is 6.68. The lowest BCUT2D eigenvalue weighted by Crippen LogP contribution is -2.06. The van der Waals surface area contributed by atoms with Crippen molar-refractivity contribution in [2.24, 2.45) is 0 Å². The molecule has 2 aromatic carbocycles. The summed E-state index contributed by atoms with van der Waals surface area (Å²) in [4.78, 5) is 12.0. The molecule has 0 amide bonds. The lowest BCUT2D eigenvalue weighted by atomic mass is 10.0. The first-order chi connectivity index (χ1) is 8.56. The van der Waals surface area contributed by atoms with Crippen LogP contribution in [0.3, 0.4) is 0 Å². The standard InChI is InChI=1S/C15H12FIO/c1-10-2-7-13(14(16)8-10)15(18)9-11-3-5-12(17)6-4-11/h2-8H,9H2,1H3. The van der Waals surface area contributed by atoms with Crippen molar-refractivity contribution >= 4 is 28.4 Å². The fraction of sp³-hybridized carbons (Fsp3) is 0.133. The lowest BCUT2D eigenvalue weighted by Gasteiger charge is -2.04. The Morgan fingerprint density at radius 3 is 2.44 bits per heavy atom. The van der Waals surface area contributed by atoms with Gasteiger partial charge in [-0.05, 0) is 64.9 Å². The van der Waals surface area contributed by atoms with Crippen LogP contribution in [0.2, 0.25) is 0 Å². The number of aryl methyl sites for hydroxylation is 1. The normalized spacial score (nSPS) is 10.4. The van der Waals surface area contributed by atoms with Crippen molar-refractivity contribution in [2.45, 2.75) is 13.3 Å². The van der Waals surface area contributed by atoms with Gasteiger partial charge >= 0.3 is 0 Å². The molecule has 0 aliphatic heterocycles. The maximum atomic E-state index is 13.6. The molecule has 2 rings (SSSR count). The lowest BCUT2D eigenvalue weighted by molar-refractivity contribution is 0.0989. The molecule has 0 aliphatic rings. The highest BCUT2D eigenvalue weighted by molar-refractivity contribution is 14.1. The number of Topliss-reactive ketones (excluding diaryl/α,β-unsaturated/α-hetero) is 1. The van der Waals surface area contributed by atoms with Crippen LogP contribution < -0.4 is 0 Å². The molecule has 92 valence electrons. The summed E-state index contributed by atoms with van der Waals surface area (Å²) in [5.74, 6) is -0.626. The minimum Gasteiger partial charge on any atom is -0.294 e. The number of rotatable bonds is 3. The van der Waals surface area contributed by atoms with Gasteiger partial charge in [0.05, 0.1) is 5.56 Å². The molecular formula is C15H12FIO. The van der Waals surface area contributed by atoms with Gasteiger partial charge in [-0.3, -0.25) is 4.79 Å². The molecule has 0 saturated heterocycles. The highest BCUT2D eigenvalue weighted by Gasteiger charge is 2.12. The number of carbonyl (C=O) groups excluding carboxylic acids is 1. The van der Waals surface area contributed by atoms with Gasteiger partial charge in [-0.15, -0.1) is 0 Å². The van der Waals surface area contributed by atoms with Crippen LogP contribution in [0.5, 0.6) is 0 Å². The average molecular weight is 354 g/mol. The molecule has 0 unspecified atom stereocenters. The molecule has 0 saturated carbocycles. The van der Waals surface area contributed by atoms with Gasteiger partial charge in [0.1, 0.15) is 5.82 Å². The average Bonchev–Trinajstić information content (AvgIpc) is 2.32. The molecule has 0 atom stereocenters. The van der Waals surface area contributed by atoms with Crippen LogP contribution in [-0.4, -0.2) is 5.78 Å². The van der Waals surface area contributed by atoms with Gasteiger partial charge < -0.3 is 0 Å². The summed E-state index contributed by atoms with van der Waals surface area (Å²) in [5.41, 5.74) is 1.89. The maximum Gasteiger partial charge on any atom is 0.170 e. The third kappa shape index (κ3) is 3.16. The molecule has 0 fully saturated rings. The van der Waals surface area contributed by atoms with Crippen molar-refractivity contribution in [3.05, 3.63) is 68.5 Å². The SMILES string of the molecule is Cc1ccc(C(=O)Cc2ccc(I)cc2)c(F)c1. The van der Waals surface area contributed by atoms with Crippen LogP contribution in [0.1, 0.15) is 21.5 Å². The van der Waals surface area contributed by atoms with Gasteiger partial charge in [0.15, 0.2) is 5.78 Å². The Morgan fingerprint density at radius 2 is 1.83 bits per heavy atom. The number of hydrogen-bond acceptors (Lipinski definition) is 1. The first-order valence-electron chi connectivity index (χ1n) is 5.60. The minimum absolute atomic E-state index is 0.166. The van der Waals surface area contributed by atoms with E-state index in [2.05, 4.69) is 22.6 Å². The van der Waals surface area contributed by atoms with Gasteiger partial charge in [0.25, 0.3) is 0 Å². The van der Waals surface area contributed by atoms with Crippen molar-refractivity contribution in [1.82, 2.24) is 0 Å². The van der Waals surface area contributed by atoms with Gasteiger partial charge in [-0.2, -0.15) is 0 Å². The molecule has 0 aliphatic carbocycles. The second kappa shape index (κ2) is 5.61. The number of hydrogen-bond donors (Lipinski definition) is 0. The smallest absolute Gasteiger partial charge is 0.170 e. The van der Waals surface area contributed by atoms with Gasteiger partial charge in [0, 0.05) is 9.99 Å². The van der Waals surface area contributed by atoms with E-state index in [0.717, 1.165) is 14.7 Å². The van der Waals surface area contributed by atoms with E-state index in [1.165, 1.54) is 6.07 Å². The zero-order chi connectivity index (χ0) is 13.1. The number of carbonyl (C=O) groups is 1. The van der Waals surface area contributed by atoms with Crippen LogP contribution in [0.25, 0.3) is 0 Å². The molecule has 1 nitrogen and oxygen atoms in total. The van der Waals surface area contributed by atoms with Crippen LogP contribution in [-0.2, 0) is 6.42 Å². The molecular weight excluding hydrogens is 342 g/mol. The summed E-state index contributed by atoms with van der Waals surface area (Å²) in [6, 6.07) is 12.4. The van der Waals surface area contributed by atoms with Crippen molar-refractivity contribution in [1.29, 1.82) is 0 Å². The Morgan fingerprint density at radius 1 is 1.17 bits per heavy atom. The molecule has 0 N–H and O–H groups in total. The molecule has 18 heavy (non-hydrogen) atoms. The Kier molecular flexibility index (Phi) is 4.11. The summed E-state index contributed by atoms with van der Waals surface area (Å²) in [5, 5.41) is 0. The molecule has 0 heterocycles. The maximum absolute atomic E-state index is 13.6. The van der Waals surface area contributed by atoms with Crippen molar-refractivity contribution in [3.63, 3.8) is 0 Å². The van der Waals surface area contributed by atoms with Crippen LogP contribution in [0, 0.1) is 16.3 Å². The van der Waals surface area contributed by atoms with E-state index in [1.54, 1.807) is 19.1 Å². The summed E-state index contributed by atoms with van der Waals surface area (Å²) >= 11 is 2.21. The van der Waals surface area contributed by atoms with E-state index in [4.69, 9.17) is 0 Å². The number of halogens is 2. The predicted octanol–water partition coefficient (Wildman–Crippen LogP) is 4.16. The van der Waals surface area contributed by atoms with E-state index in [1.807, 2.05) is 24.3 Å². The van der Waals surface area contributed by atoms with Gasteiger partial charge in [-0.25, -0.2) is 4.39 Å². The fourth-order valence-corrected chi connectivity index (χ4v) is 2.09. The van der Waals surface area contributed by atoms with Crippen LogP contribution in [0.4, 0.5) is 4.39 Å². The van der Waals surface area contributed by atoms with E-state index >= 15 is 0 Å². The fourth-order valence-electron chi connectivity index (χ4n) is 1.73. The first kappa shape index (κ1) is 13.2. The van der Waals surface area contributed by atoms with Crippen molar-refractivity contribution in [2.75, 3.05) is 0 Å². The largest absolute Gasteiger partial charge is 0.294 e. The number of ketones is 1. The quantitative estimate of drug-likeness (QED) is 0.598. The summed E-state index contributed by atoms with van der Waals surface area (Å²) in [6.07, 6.45) is 0.233. The Balaban J connectivity index is 2.19. The zero-order valence-electron chi connectivity index (χ0n) is 9.91. The van der Waals surface area contributed by atoms with E-state index in [9.17, 15) is 9.18 Å². The Labute approximate surface area is 119 Å². The van der Waals surface area contributed by atoms with E-state index in [0.29, 0.717) is 0 Å². The highest BCUT2D eigenvalue weighted by atomic mass is 127. The third-order valence-electron chi connectivity index (χ3n) is 2.70. The van der Waals surface area contributed by atoms with Crippen LogP contribution in [0.15, 0.2) is 42.5 Å². The van der Waals surface area contributed by atoms with Crippen molar-refractivity contribution in [3.8, 4) is 0 Å². The molecule has 0 radical (unpaired) electrons. The third-order valence-corrected chi connectivity index (χ3v) is 3.42. The molecule has 2 aromatic rings. The van der Waals surface area contributed by atoms with Crippen LogP contribution >= 0.6 is 22.6 Å². The van der Waals surface area contributed by atoms with Crippen molar-refractivity contribution < 1.29 is 9.18 Å². The number of benzene rings is 2. The van der Waals surface area contributed by atoms with Gasteiger partial charge in [0.2, 0.25) is 0 Å². The highest BCUT2D eigenvalue weighted by Crippen LogP contribution is 2.14. The zero-order valence-corrected chi connectivity index (χ0v) is 12.1. The van der Waals surface area contributed by atoms with E-state index in [-0.39, 0.29) is 17.8 Å². The predicted molar refractivity (Wildman–Crippen MR) is 78.3 cm³/mol. The van der Waals surface area contributed by atoms with Gasteiger partial charge in [-0.1, -0.05) is 18.2 Å². The minimum atomic E-state index is -0.439. The second-order valence-electron chi connectivity index (χ2n) is 4.21. The topological polar surface area (TPSA) is 17.1 Å². The Hall–Kier alpha value is -1.23. The second-order valence-corrected chi connectivity index (χ2v) is 5.46. The molecule has 0 bridgehead atoms. The van der Waals surface area contributed by atoms with E-state index < -0.39 is 5.82 Å². The molecule has 0 spiro atoms. The summed E-state index contributed by atoms with van der Waals surface area (Å²) in [6.45, 7) is 1.80. The summed E-state index contributed by atoms with van der Waals surface area (Å²) in [7, 11) is 0. The summed E-state index contributed by atoms with van der Waals surface area (Å²) < 4.78 is 14.8. The Bertz CT molecular complexity index is 576.